The summed E-state index contributed by atoms with van der Waals surface area (Å²) in [4.78, 5) is 20.7. The number of hydrogen-bond donors (Lipinski definition) is 1. The van der Waals surface area contributed by atoms with Crippen molar-refractivity contribution in [1.29, 1.82) is 0 Å². The van der Waals surface area contributed by atoms with Crippen LogP contribution in [-0.2, 0) is 0 Å². The smallest absolute Gasteiger partial charge is 0.260 e. The van der Waals surface area contributed by atoms with Gasteiger partial charge in [0.1, 0.15) is 29.5 Å². The largest absolute Gasteiger partial charge is 0.454 e. The Bertz CT molecular complexity index is 1140. The van der Waals surface area contributed by atoms with Crippen molar-refractivity contribution >= 4 is 17.4 Å². The van der Waals surface area contributed by atoms with Gasteiger partial charge in [-0.3, -0.25) is 14.2 Å². The van der Waals surface area contributed by atoms with E-state index >= 15 is 0 Å². The molecule has 0 aromatic carbocycles. The topological polar surface area (TPSA) is 94.3 Å². The summed E-state index contributed by atoms with van der Waals surface area (Å²) in [5.74, 6) is -0.0280. The summed E-state index contributed by atoms with van der Waals surface area (Å²) in [6.07, 6.45) is 5.47. The minimum absolute atomic E-state index is 0.203. The van der Waals surface area contributed by atoms with Gasteiger partial charge in [0.2, 0.25) is 0 Å². The summed E-state index contributed by atoms with van der Waals surface area (Å²) in [6, 6.07) is 8.00. The van der Waals surface area contributed by atoms with Crippen molar-refractivity contribution in [2.24, 2.45) is 0 Å². The van der Waals surface area contributed by atoms with Crippen LogP contribution in [-0.4, -0.2) is 30.5 Å². The second kappa shape index (κ2) is 6.79. The molecule has 0 fully saturated rings. The van der Waals surface area contributed by atoms with E-state index in [0.29, 0.717) is 17.2 Å². The molecule has 134 valence electrons. The Hall–Kier alpha value is -3.88. The van der Waals surface area contributed by atoms with Gasteiger partial charge in [0.25, 0.3) is 5.91 Å². The molecule has 0 atom stereocenters. The molecule has 0 aliphatic heterocycles. The van der Waals surface area contributed by atoms with Gasteiger partial charge in [-0.2, -0.15) is 0 Å². The third-order valence-electron chi connectivity index (χ3n) is 3.66. The van der Waals surface area contributed by atoms with E-state index in [9.17, 15) is 9.18 Å². The number of nitrogens with zero attached hydrogens (tertiary/aromatic N) is 5. The molecule has 0 unspecified atom stereocenters. The van der Waals surface area contributed by atoms with E-state index < -0.39 is 11.7 Å². The molecule has 9 heteroatoms. The lowest BCUT2D eigenvalue weighted by Gasteiger charge is -2.10. The molecule has 4 aromatic heterocycles. The highest BCUT2D eigenvalue weighted by Crippen LogP contribution is 2.24. The number of carbonyl (C=O) groups is 1. The standard InChI is InChI=1S/C18H13FN6O2/c1-11-3-2-4-16(22-11)23-18(26)15-6-14(9-25-10-21-24-17(15)25)27-13-5-12(19)7-20-8-13/h2-10H,1H3,(H,22,23,26). The lowest BCUT2D eigenvalue weighted by molar-refractivity contribution is 0.102. The average molecular weight is 364 g/mol. The minimum atomic E-state index is -0.527. The molecule has 8 nitrogen and oxygen atoms in total. The Morgan fingerprint density at radius 1 is 1.22 bits per heavy atom. The van der Waals surface area contributed by atoms with E-state index in [4.69, 9.17) is 4.74 Å². The van der Waals surface area contributed by atoms with Gasteiger partial charge in [0.05, 0.1) is 24.2 Å². The molecule has 0 bridgehead atoms. The summed E-state index contributed by atoms with van der Waals surface area (Å²) in [5, 5.41) is 10.5. The van der Waals surface area contributed by atoms with Crippen molar-refractivity contribution in [3.05, 3.63) is 72.3 Å². The van der Waals surface area contributed by atoms with Gasteiger partial charge in [-0.1, -0.05) is 6.07 Å². The summed E-state index contributed by atoms with van der Waals surface area (Å²) in [5.41, 5.74) is 1.36. The van der Waals surface area contributed by atoms with Crippen molar-refractivity contribution in [2.45, 2.75) is 6.92 Å². The average Bonchev–Trinajstić information content (AvgIpc) is 3.09. The fourth-order valence-corrected chi connectivity index (χ4v) is 2.51. The number of hydrogen-bond acceptors (Lipinski definition) is 6. The molecule has 0 radical (unpaired) electrons. The number of aryl methyl sites for hydroxylation is 1. The van der Waals surface area contributed by atoms with Crippen LogP contribution in [0.25, 0.3) is 5.65 Å². The first kappa shape index (κ1) is 16.6. The molecule has 0 spiro atoms. The fourth-order valence-electron chi connectivity index (χ4n) is 2.51. The highest BCUT2D eigenvalue weighted by Gasteiger charge is 2.16. The van der Waals surface area contributed by atoms with Gasteiger partial charge in [0.15, 0.2) is 5.65 Å². The second-order valence-electron chi connectivity index (χ2n) is 5.71. The molecule has 0 aliphatic carbocycles. The monoisotopic (exact) mass is 364 g/mol. The van der Waals surface area contributed by atoms with Crippen LogP contribution in [0.2, 0.25) is 0 Å². The molecule has 4 rings (SSSR count). The maximum atomic E-state index is 13.3. The summed E-state index contributed by atoms with van der Waals surface area (Å²) in [6.45, 7) is 1.83. The van der Waals surface area contributed by atoms with Gasteiger partial charge < -0.3 is 10.1 Å². The Morgan fingerprint density at radius 3 is 2.93 bits per heavy atom. The first-order chi connectivity index (χ1) is 13.1. The lowest BCUT2D eigenvalue weighted by Crippen LogP contribution is -2.15. The molecular formula is C18H13FN6O2. The number of carbonyl (C=O) groups excluding carboxylic acids is 1. The molecule has 4 aromatic rings. The Kier molecular flexibility index (Phi) is 4.17. The number of ether oxygens (including phenoxy) is 1. The van der Waals surface area contributed by atoms with Crippen molar-refractivity contribution in [2.75, 3.05) is 5.32 Å². The van der Waals surface area contributed by atoms with Crippen molar-refractivity contribution in [1.82, 2.24) is 24.6 Å². The third kappa shape index (κ3) is 3.56. The number of nitrogens with one attached hydrogen (secondary N) is 1. The minimum Gasteiger partial charge on any atom is -0.454 e. The van der Waals surface area contributed by atoms with Gasteiger partial charge in [-0.25, -0.2) is 9.37 Å². The molecule has 0 saturated heterocycles. The van der Waals surface area contributed by atoms with E-state index in [1.165, 1.54) is 24.7 Å². The lowest BCUT2D eigenvalue weighted by atomic mass is 10.2. The van der Waals surface area contributed by atoms with Crippen LogP contribution in [0.15, 0.2) is 55.2 Å². The van der Waals surface area contributed by atoms with Gasteiger partial charge in [0, 0.05) is 11.8 Å². The molecule has 27 heavy (non-hydrogen) atoms. The van der Waals surface area contributed by atoms with Crippen LogP contribution in [0, 0.1) is 12.7 Å². The number of rotatable bonds is 4. The van der Waals surface area contributed by atoms with Crippen LogP contribution in [0.1, 0.15) is 16.1 Å². The van der Waals surface area contributed by atoms with E-state index in [0.717, 1.165) is 11.9 Å². The predicted octanol–water partition coefficient (Wildman–Crippen LogP) is 3.01. The maximum absolute atomic E-state index is 13.3. The number of halogens is 1. The number of pyridine rings is 3. The number of aromatic nitrogens is 5. The van der Waals surface area contributed by atoms with Crippen LogP contribution >= 0.6 is 0 Å². The first-order valence-corrected chi connectivity index (χ1v) is 7.95. The molecule has 4 heterocycles. The third-order valence-corrected chi connectivity index (χ3v) is 3.66. The SMILES string of the molecule is Cc1cccc(NC(=O)c2cc(Oc3cncc(F)c3)cn3cnnc23)n1. The van der Waals surface area contributed by atoms with Crippen molar-refractivity contribution in [3.8, 4) is 11.5 Å². The normalized spacial score (nSPS) is 10.7. The van der Waals surface area contributed by atoms with Gasteiger partial charge >= 0.3 is 0 Å². The summed E-state index contributed by atoms with van der Waals surface area (Å²) in [7, 11) is 0. The zero-order valence-electron chi connectivity index (χ0n) is 14.1. The summed E-state index contributed by atoms with van der Waals surface area (Å²) >= 11 is 0. The molecule has 0 aliphatic rings. The molecule has 0 saturated carbocycles. The van der Waals surface area contributed by atoms with Crippen LogP contribution < -0.4 is 10.1 Å². The molecular weight excluding hydrogens is 351 g/mol. The Labute approximate surface area is 152 Å². The maximum Gasteiger partial charge on any atom is 0.260 e. The van der Waals surface area contributed by atoms with Crippen LogP contribution in [0.3, 0.4) is 0 Å². The molecule has 1 N–H and O–H groups in total. The Morgan fingerprint density at radius 2 is 2.11 bits per heavy atom. The van der Waals surface area contributed by atoms with E-state index in [2.05, 4.69) is 25.5 Å². The molecule has 1 amide bonds. The fraction of sp³-hybridized carbons (Fsp3) is 0.0556. The van der Waals surface area contributed by atoms with Crippen LogP contribution in [0.5, 0.6) is 11.5 Å². The second-order valence-corrected chi connectivity index (χ2v) is 5.71. The summed E-state index contributed by atoms with van der Waals surface area (Å²) < 4.78 is 20.5. The number of fused-ring (bicyclic) bond motifs is 1. The highest BCUT2D eigenvalue weighted by molar-refractivity contribution is 6.08. The van der Waals surface area contributed by atoms with E-state index in [-0.39, 0.29) is 11.3 Å². The number of anilines is 1. The van der Waals surface area contributed by atoms with Crippen molar-refractivity contribution in [3.63, 3.8) is 0 Å². The first-order valence-electron chi connectivity index (χ1n) is 7.95. The van der Waals surface area contributed by atoms with E-state index in [1.54, 1.807) is 22.7 Å². The Balaban J connectivity index is 1.69. The van der Waals surface area contributed by atoms with Crippen molar-refractivity contribution < 1.29 is 13.9 Å². The van der Waals surface area contributed by atoms with Gasteiger partial charge in [-0.15, -0.1) is 10.2 Å². The zero-order chi connectivity index (χ0) is 18.8. The van der Waals surface area contributed by atoms with Gasteiger partial charge in [-0.05, 0) is 25.1 Å². The zero-order valence-corrected chi connectivity index (χ0v) is 14.1. The van der Waals surface area contributed by atoms with E-state index in [1.807, 2.05) is 13.0 Å². The predicted molar refractivity (Wildman–Crippen MR) is 94.2 cm³/mol. The number of amides is 1. The quantitative estimate of drug-likeness (QED) is 0.598. The highest BCUT2D eigenvalue weighted by atomic mass is 19.1. The van der Waals surface area contributed by atoms with Crippen LogP contribution in [0.4, 0.5) is 10.2 Å².